The van der Waals surface area contributed by atoms with Gasteiger partial charge in [0.15, 0.2) is 0 Å². The van der Waals surface area contributed by atoms with E-state index in [1.165, 1.54) is 12.1 Å². The monoisotopic (exact) mass is 276 g/mol. The zero-order valence-electron chi connectivity index (χ0n) is 9.88. The first-order chi connectivity index (χ1) is 7.92. The minimum Gasteiger partial charge on any atom is -0.617 e. The molecular formula is C11H16O4S2. The first-order valence-corrected chi connectivity index (χ1v) is 8.31. The van der Waals surface area contributed by atoms with Crippen molar-refractivity contribution in [1.29, 1.82) is 0 Å². The molecule has 0 aromatic heterocycles. The van der Waals surface area contributed by atoms with Crippen LogP contribution in [0.5, 0.6) is 0 Å². The molecule has 0 amide bonds. The lowest BCUT2D eigenvalue weighted by Crippen LogP contribution is -2.11. The molecule has 1 atom stereocenters. The van der Waals surface area contributed by atoms with Crippen molar-refractivity contribution in [2.75, 3.05) is 18.6 Å². The summed E-state index contributed by atoms with van der Waals surface area (Å²) in [7, 11) is -3.67. The number of hydrogen-bond acceptors (Lipinski definition) is 4. The lowest BCUT2D eigenvalue weighted by atomic mass is 10.2. The maximum absolute atomic E-state index is 11.7. The quantitative estimate of drug-likeness (QED) is 0.448. The molecule has 1 unspecified atom stereocenters. The molecule has 1 rings (SSSR count). The van der Waals surface area contributed by atoms with E-state index in [1.807, 2.05) is 6.92 Å². The highest BCUT2D eigenvalue weighted by Gasteiger charge is 2.14. The zero-order valence-corrected chi connectivity index (χ0v) is 11.5. The minimum atomic E-state index is -3.67. The predicted octanol–water partition coefficient (Wildman–Crippen LogP) is 1.47. The number of rotatable bonds is 6. The van der Waals surface area contributed by atoms with Gasteiger partial charge in [-0.3, -0.25) is 4.18 Å². The Kier molecular flexibility index (Phi) is 5.45. The van der Waals surface area contributed by atoms with Gasteiger partial charge >= 0.3 is 0 Å². The number of benzene rings is 1. The molecule has 0 bridgehead atoms. The summed E-state index contributed by atoms with van der Waals surface area (Å²) in [5, 5.41) is 0. The Labute approximate surface area is 105 Å². The summed E-state index contributed by atoms with van der Waals surface area (Å²) in [6.07, 6.45) is 2.04. The minimum absolute atomic E-state index is 0.0653. The van der Waals surface area contributed by atoms with E-state index < -0.39 is 21.3 Å². The van der Waals surface area contributed by atoms with E-state index in [0.717, 1.165) is 5.56 Å². The molecule has 0 aliphatic heterocycles. The zero-order chi connectivity index (χ0) is 12.9. The van der Waals surface area contributed by atoms with Crippen molar-refractivity contribution in [2.24, 2.45) is 0 Å². The molecule has 4 nitrogen and oxygen atoms in total. The van der Waals surface area contributed by atoms with Gasteiger partial charge in [-0.05, 0) is 19.1 Å². The Morgan fingerprint density at radius 3 is 2.41 bits per heavy atom. The molecule has 0 heterocycles. The molecule has 6 heteroatoms. The molecule has 0 saturated carbocycles. The van der Waals surface area contributed by atoms with Crippen LogP contribution in [0.15, 0.2) is 29.2 Å². The van der Waals surface area contributed by atoms with Gasteiger partial charge in [-0.15, -0.1) is 0 Å². The standard InChI is InChI=1S/C11H16O4S2/c1-10-4-6-11(7-5-10)17(13,14)15-8-3-9-16(2)12/h4-7H,3,8-9H2,1-2H3. The molecule has 1 aromatic carbocycles. The van der Waals surface area contributed by atoms with Crippen LogP contribution in [0.4, 0.5) is 0 Å². The van der Waals surface area contributed by atoms with Gasteiger partial charge in [-0.25, -0.2) is 0 Å². The average molecular weight is 276 g/mol. The molecule has 0 aliphatic carbocycles. The van der Waals surface area contributed by atoms with Crippen molar-refractivity contribution in [2.45, 2.75) is 18.2 Å². The predicted molar refractivity (Wildman–Crippen MR) is 67.9 cm³/mol. The highest BCUT2D eigenvalue weighted by atomic mass is 32.2. The van der Waals surface area contributed by atoms with Crippen molar-refractivity contribution in [1.82, 2.24) is 0 Å². The topological polar surface area (TPSA) is 66.4 Å². The van der Waals surface area contributed by atoms with Crippen LogP contribution in [0.2, 0.25) is 0 Å². The van der Waals surface area contributed by atoms with Crippen LogP contribution in [0.3, 0.4) is 0 Å². The van der Waals surface area contributed by atoms with E-state index >= 15 is 0 Å². The normalized spacial score (nSPS) is 13.6. The van der Waals surface area contributed by atoms with Crippen molar-refractivity contribution in [3.63, 3.8) is 0 Å². The van der Waals surface area contributed by atoms with Gasteiger partial charge in [0.1, 0.15) is 5.75 Å². The van der Waals surface area contributed by atoms with E-state index in [4.69, 9.17) is 4.18 Å². The second kappa shape index (κ2) is 6.39. The van der Waals surface area contributed by atoms with Crippen LogP contribution in [-0.4, -0.2) is 31.6 Å². The molecule has 96 valence electrons. The Morgan fingerprint density at radius 2 is 1.88 bits per heavy atom. The van der Waals surface area contributed by atoms with Crippen LogP contribution < -0.4 is 0 Å². The Balaban J connectivity index is 2.54. The van der Waals surface area contributed by atoms with Gasteiger partial charge in [-0.2, -0.15) is 8.42 Å². The van der Waals surface area contributed by atoms with Crippen LogP contribution in [0, 0.1) is 6.92 Å². The summed E-state index contributed by atoms with van der Waals surface area (Å²) >= 11 is -0.916. The molecule has 17 heavy (non-hydrogen) atoms. The van der Waals surface area contributed by atoms with Crippen molar-refractivity contribution >= 4 is 21.3 Å². The van der Waals surface area contributed by atoms with Crippen LogP contribution >= 0.6 is 0 Å². The lowest BCUT2D eigenvalue weighted by Gasteiger charge is -2.07. The van der Waals surface area contributed by atoms with Crippen molar-refractivity contribution < 1.29 is 17.2 Å². The summed E-state index contributed by atoms with van der Waals surface area (Å²) in [5.74, 6) is 0.448. The van der Waals surface area contributed by atoms with E-state index in [2.05, 4.69) is 0 Å². The molecular weight excluding hydrogens is 260 g/mol. The maximum atomic E-state index is 11.7. The summed E-state index contributed by atoms with van der Waals surface area (Å²) in [6, 6.07) is 6.47. The van der Waals surface area contributed by atoms with E-state index in [9.17, 15) is 13.0 Å². The molecule has 0 spiro atoms. The number of hydrogen-bond donors (Lipinski definition) is 0. The highest BCUT2D eigenvalue weighted by molar-refractivity contribution is 7.90. The van der Waals surface area contributed by atoms with Crippen LogP contribution in [0.25, 0.3) is 0 Å². The van der Waals surface area contributed by atoms with Crippen LogP contribution in [-0.2, 0) is 25.5 Å². The fraction of sp³-hybridized carbons (Fsp3) is 0.455. The SMILES string of the molecule is Cc1ccc(S(=O)(=O)OCCC[S+](C)[O-])cc1. The second-order valence-corrected chi connectivity index (χ2v) is 6.89. The third kappa shape index (κ3) is 5.08. The summed E-state index contributed by atoms with van der Waals surface area (Å²) in [6.45, 7) is 1.95. The maximum Gasteiger partial charge on any atom is 0.296 e. The van der Waals surface area contributed by atoms with E-state index in [-0.39, 0.29) is 11.5 Å². The first-order valence-electron chi connectivity index (χ1n) is 5.18. The Bertz CT molecular complexity index is 437. The summed E-state index contributed by atoms with van der Waals surface area (Å²) in [5.41, 5.74) is 0.991. The Morgan fingerprint density at radius 1 is 1.29 bits per heavy atom. The summed E-state index contributed by atoms with van der Waals surface area (Å²) in [4.78, 5) is 0.153. The fourth-order valence-corrected chi connectivity index (χ4v) is 2.67. The van der Waals surface area contributed by atoms with E-state index in [0.29, 0.717) is 12.2 Å². The fourth-order valence-electron chi connectivity index (χ4n) is 1.20. The first kappa shape index (κ1) is 14.5. The average Bonchev–Trinajstić information content (AvgIpc) is 2.25. The van der Waals surface area contributed by atoms with Crippen molar-refractivity contribution in [3.05, 3.63) is 29.8 Å². The smallest absolute Gasteiger partial charge is 0.296 e. The third-order valence-corrected chi connectivity index (χ3v) is 4.31. The second-order valence-electron chi connectivity index (χ2n) is 3.72. The van der Waals surface area contributed by atoms with Gasteiger partial charge in [0, 0.05) is 6.42 Å². The van der Waals surface area contributed by atoms with Gasteiger partial charge in [0.05, 0.1) is 17.8 Å². The summed E-state index contributed by atoms with van der Waals surface area (Å²) < 4.78 is 39.0. The van der Waals surface area contributed by atoms with Crippen molar-refractivity contribution in [3.8, 4) is 0 Å². The van der Waals surface area contributed by atoms with Gasteiger partial charge in [0.2, 0.25) is 0 Å². The Hall–Kier alpha value is -0.560. The number of aryl methyl sites for hydroxylation is 1. The molecule has 0 saturated heterocycles. The highest BCUT2D eigenvalue weighted by Crippen LogP contribution is 2.13. The van der Waals surface area contributed by atoms with Gasteiger partial charge in [0.25, 0.3) is 10.1 Å². The van der Waals surface area contributed by atoms with Gasteiger partial charge < -0.3 is 4.55 Å². The molecule has 0 radical (unpaired) electrons. The van der Waals surface area contributed by atoms with Gasteiger partial charge in [-0.1, -0.05) is 28.9 Å². The molecule has 1 aromatic rings. The van der Waals surface area contributed by atoms with E-state index in [1.54, 1.807) is 18.4 Å². The molecule has 0 fully saturated rings. The largest absolute Gasteiger partial charge is 0.617 e. The van der Waals surface area contributed by atoms with Crippen LogP contribution in [0.1, 0.15) is 12.0 Å². The molecule has 0 aliphatic rings. The lowest BCUT2D eigenvalue weighted by molar-refractivity contribution is 0.318. The third-order valence-electron chi connectivity index (χ3n) is 2.12. The molecule has 0 N–H and O–H groups in total.